The Balaban J connectivity index is 2.51. The van der Waals surface area contributed by atoms with Crippen LogP contribution in [0.2, 0.25) is 0 Å². The molecule has 0 aliphatic carbocycles. The summed E-state index contributed by atoms with van der Waals surface area (Å²) >= 11 is 1.53. The Morgan fingerprint density at radius 2 is 1.90 bits per heavy atom. The van der Waals surface area contributed by atoms with Gasteiger partial charge in [0.2, 0.25) is 0 Å². The van der Waals surface area contributed by atoms with E-state index in [1.807, 2.05) is 12.1 Å². The SMILES string of the molecule is COc1c2cnccc2c(OC)c2sc(C(C)O)cc12. The van der Waals surface area contributed by atoms with Gasteiger partial charge in [0, 0.05) is 33.4 Å². The van der Waals surface area contributed by atoms with Crippen LogP contribution in [-0.4, -0.2) is 24.3 Å². The molecule has 2 heterocycles. The average molecular weight is 289 g/mol. The van der Waals surface area contributed by atoms with Gasteiger partial charge in [-0.05, 0) is 19.1 Å². The number of aliphatic hydroxyl groups excluding tert-OH is 1. The summed E-state index contributed by atoms with van der Waals surface area (Å²) in [6.07, 6.45) is 3.00. The summed E-state index contributed by atoms with van der Waals surface area (Å²) in [6, 6.07) is 3.87. The molecule has 0 saturated carbocycles. The van der Waals surface area contributed by atoms with E-state index in [-0.39, 0.29) is 0 Å². The van der Waals surface area contributed by atoms with Crippen molar-refractivity contribution in [1.29, 1.82) is 0 Å². The maximum atomic E-state index is 9.81. The van der Waals surface area contributed by atoms with Gasteiger partial charge in [-0.1, -0.05) is 0 Å². The summed E-state index contributed by atoms with van der Waals surface area (Å²) in [7, 11) is 3.30. The second-order valence-electron chi connectivity index (χ2n) is 4.56. The van der Waals surface area contributed by atoms with E-state index in [9.17, 15) is 5.11 Å². The molecule has 0 aliphatic heterocycles. The zero-order chi connectivity index (χ0) is 14.3. The molecule has 5 heteroatoms. The van der Waals surface area contributed by atoms with Crippen molar-refractivity contribution in [2.24, 2.45) is 0 Å². The number of benzene rings is 1. The molecule has 1 N–H and O–H groups in total. The molecular weight excluding hydrogens is 274 g/mol. The summed E-state index contributed by atoms with van der Waals surface area (Å²) < 4.78 is 12.1. The first-order valence-electron chi connectivity index (χ1n) is 6.26. The van der Waals surface area contributed by atoms with Crippen LogP contribution in [0.5, 0.6) is 11.5 Å². The molecule has 0 fully saturated rings. The molecule has 1 atom stereocenters. The lowest BCUT2D eigenvalue weighted by atomic mass is 10.1. The predicted octanol–water partition coefficient (Wildman–Crippen LogP) is 3.52. The van der Waals surface area contributed by atoms with Crippen molar-refractivity contribution in [3.8, 4) is 11.5 Å². The molecule has 0 amide bonds. The summed E-state index contributed by atoms with van der Waals surface area (Å²) in [5.41, 5.74) is 0. The number of rotatable bonds is 3. The van der Waals surface area contributed by atoms with Crippen molar-refractivity contribution in [3.63, 3.8) is 0 Å². The monoisotopic (exact) mass is 289 g/mol. The lowest BCUT2D eigenvalue weighted by molar-refractivity contribution is 0.203. The van der Waals surface area contributed by atoms with Crippen molar-refractivity contribution in [3.05, 3.63) is 29.4 Å². The number of aliphatic hydroxyl groups is 1. The predicted molar refractivity (Wildman–Crippen MR) is 80.9 cm³/mol. The topological polar surface area (TPSA) is 51.6 Å². The smallest absolute Gasteiger partial charge is 0.144 e. The second-order valence-corrected chi connectivity index (χ2v) is 5.64. The Morgan fingerprint density at radius 1 is 1.15 bits per heavy atom. The average Bonchev–Trinajstić information content (AvgIpc) is 2.89. The number of methoxy groups -OCH3 is 2. The van der Waals surface area contributed by atoms with Crippen LogP contribution in [0, 0.1) is 0 Å². The molecule has 3 rings (SSSR count). The minimum atomic E-state index is -0.511. The highest BCUT2D eigenvalue weighted by Crippen LogP contribution is 2.46. The molecule has 4 nitrogen and oxygen atoms in total. The van der Waals surface area contributed by atoms with Crippen LogP contribution in [0.15, 0.2) is 24.5 Å². The molecule has 0 aliphatic rings. The molecule has 0 saturated heterocycles. The van der Waals surface area contributed by atoms with Crippen LogP contribution in [0.25, 0.3) is 20.9 Å². The van der Waals surface area contributed by atoms with Gasteiger partial charge < -0.3 is 14.6 Å². The highest BCUT2D eigenvalue weighted by atomic mass is 32.1. The van der Waals surface area contributed by atoms with Crippen molar-refractivity contribution in [1.82, 2.24) is 4.98 Å². The molecular formula is C15H15NO3S. The zero-order valence-corrected chi connectivity index (χ0v) is 12.3. The number of nitrogens with zero attached hydrogens (tertiary/aromatic N) is 1. The quantitative estimate of drug-likeness (QED) is 0.801. The van der Waals surface area contributed by atoms with E-state index in [1.165, 1.54) is 11.3 Å². The molecule has 1 unspecified atom stereocenters. The van der Waals surface area contributed by atoms with Crippen molar-refractivity contribution < 1.29 is 14.6 Å². The van der Waals surface area contributed by atoms with Crippen LogP contribution in [0.3, 0.4) is 0 Å². The second kappa shape index (κ2) is 4.92. The van der Waals surface area contributed by atoms with E-state index >= 15 is 0 Å². The van der Waals surface area contributed by atoms with Crippen LogP contribution >= 0.6 is 11.3 Å². The van der Waals surface area contributed by atoms with Gasteiger partial charge in [-0.3, -0.25) is 4.98 Å². The summed E-state index contributed by atoms with van der Waals surface area (Å²) in [5, 5.41) is 12.6. The number of aromatic nitrogens is 1. The van der Waals surface area contributed by atoms with E-state index < -0.39 is 6.10 Å². The maximum Gasteiger partial charge on any atom is 0.144 e. The number of fused-ring (bicyclic) bond motifs is 2. The zero-order valence-electron chi connectivity index (χ0n) is 11.5. The number of hydrogen-bond donors (Lipinski definition) is 1. The molecule has 20 heavy (non-hydrogen) atoms. The first-order valence-corrected chi connectivity index (χ1v) is 7.08. The summed E-state index contributed by atoms with van der Waals surface area (Å²) in [6.45, 7) is 1.75. The lowest BCUT2D eigenvalue weighted by Crippen LogP contribution is -1.91. The van der Waals surface area contributed by atoms with E-state index in [1.54, 1.807) is 33.5 Å². The maximum absolute atomic E-state index is 9.81. The van der Waals surface area contributed by atoms with Crippen LogP contribution < -0.4 is 9.47 Å². The third kappa shape index (κ3) is 1.82. The van der Waals surface area contributed by atoms with Gasteiger partial charge in [-0.15, -0.1) is 11.3 Å². The van der Waals surface area contributed by atoms with Crippen LogP contribution in [-0.2, 0) is 0 Å². The fourth-order valence-corrected chi connectivity index (χ4v) is 3.55. The van der Waals surface area contributed by atoms with Crippen molar-refractivity contribution >= 4 is 32.2 Å². The molecule has 2 aromatic heterocycles. The van der Waals surface area contributed by atoms with Gasteiger partial charge in [-0.25, -0.2) is 0 Å². The minimum absolute atomic E-state index is 0.511. The number of hydrogen-bond acceptors (Lipinski definition) is 5. The van der Waals surface area contributed by atoms with Gasteiger partial charge in [0.25, 0.3) is 0 Å². The minimum Gasteiger partial charge on any atom is -0.495 e. The first kappa shape index (κ1) is 13.1. The van der Waals surface area contributed by atoms with E-state index in [2.05, 4.69) is 4.98 Å². The van der Waals surface area contributed by atoms with Gasteiger partial charge in [0.05, 0.1) is 25.0 Å². The highest BCUT2D eigenvalue weighted by molar-refractivity contribution is 7.19. The molecule has 3 aromatic rings. The largest absolute Gasteiger partial charge is 0.495 e. The molecule has 0 bridgehead atoms. The molecule has 0 radical (unpaired) electrons. The molecule has 104 valence electrons. The standard InChI is InChI=1S/C15H15NO3S/c1-8(17)12-6-10-13(18-2)11-7-16-5-4-9(11)14(19-3)15(10)20-12/h4-8,17H,1-3H3. The number of thiophene rings is 1. The van der Waals surface area contributed by atoms with Gasteiger partial charge in [-0.2, -0.15) is 0 Å². The van der Waals surface area contributed by atoms with E-state index in [0.29, 0.717) is 0 Å². The van der Waals surface area contributed by atoms with Crippen molar-refractivity contribution in [2.45, 2.75) is 13.0 Å². The van der Waals surface area contributed by atoms with E-state index in [4.69, 9.17) is 9.47 Å². The third-order valence-electron chi connectivity index (χ3n) is 3.33. The Kier molecular flexibility index (Phi) is 3.23. The van der Waals surface area contributed by atoms with Crippen LogP contribution in [0.4, 0.5) is 0 Å². The fourth-order valence-electron chi connectivity index (χ4n) is 2.42. The third-order valence-corrected chi connectivity index (χ3v) is 4.64. The summed E-state index contributed by atoms with van der Waals surface area (Å²) in [5.74, 6) is 1.57. The summed E-state index contributed by atoms with van der Waals surface area (Å²) in [4.78, 5) is 5.05. The van der Waals surface area contributed by atoms with Crippen LogP contribution in [0.1, 0.15) is 17.9 Å². The Bertz CT molecular complexity index is 719. The Hall–Kier alpha value is -1.85. The Labute approximate surface area is 120 Å². The number of ether oxygens (including phenoxy) is 2. The van der Waals surface area contributed by atoms with E-state index in [0.717, 1.165) is 37.2 Å². The normalized spacial score (nSPS) is 12.8. The lowest BCUT2D eigenvalue weighted by Gasteiger charge is -2.11. The molecule has 0 spiro atoms. The fraction of sp³-hybridized carbons (Fsp3) is 0.267. The molecule has 1 aromatic carbocycles. The number of pyridine rings is 1. The van der Waals surface area contributed by atoms with Gasteiger partial charge >= 0.3 is 0 Å². The highest BCUT2D eigenvalue weighted by Gasteiger charge is 2.19. The van der Waals surface area contributed by atoms with Gasteiger partial charge in [0.15, 0.2) is 0 Å². The Morgan fingerprint density at radius 3 is 2.55 bits per heavy atom. The van der Waals surface area contributed by atoms with Gasteiger partial charge in [0.1, 0.15) is 11.5 Å². The van der Waals surface area contributed by atoms with Crippen molar-refractivity contribution in [2.75, 3.05) is 14.2 Å². The first-order chi connectivity index (χ1) is 9.67.